The number of aromatic nitrogens is 2. The molecular weight excluding hydrogens is 461 g/mol. The molecule has 2 heterocycles. The van der Waals surface area contributed by atoms with Gasteiger partial charge in [0.25, 0.3) is 5.09 Å². The van der Waals surface area contributed by atoms with E-state index in [1.165, 1.54) is 0 Å². The third-order valence-corrected chi connectivity index (χ3v) is 5.14. The number of aryl methyl sites for hydroxylation is 1. The first-order chi connectivity index (χ1) is 15.3. The zero-order valence-electron chi connectivity index (χ0n) is 17.1. The van der Waals surface area contributed by atoms with Gasteiger partial charge in [-0.1, -0.05) is 35.3 Å². The molecule has 2 unspecified atom stereocenters. The minimum atomic E-state index is -1.50. The first-order valence-corrected chi connectivity index (χ1v) is 10.3. The maximum absolute atomic E-state index is 8.36. The predicted molar refractivity (Wildman–Crippen MR) is 117 cm³/mol. The van der Waals surface area contributed by atoms with Crippen molar-refractivity contribution in [2.24, 2.45) is 0 Å². The average Bonchev–Trinajstić information content (AvgIpc) is 3.38. The second kappa shape index (κ2) is 10.6. The second-order valence-corrected chi connectivity index (χ2v) is 7.88. The summed E-state index contributed by atoms with van der Waals surface area (Å²) in [5.41, 5.74) is 1.88. The smallest absolute Gasteiger partial charge is 0.291 e. The molecule has 1 aliphatic heterocycles. The third kappa shape index (κ3) is 6.33. The molecule has 1 N–H and O–H groups in total. The van der Waals surface area contributed by atoms with Gasteiger partial charge in [-0.2, -0.15) is 0 Å². The van der Waals surface area contributed by atoms with Gasteiger partial charge in [0.05, 0.1) is 19.5 Å². The average molecular weight is 482 g/mol. The summed E-state index contributed by atoms with van der Waals surface area (Å²) < 4.78 is 20.4. The summed E-state index contributed by atoms with van der Waals surface area (Å²) in [6.07, 6.45) is 5.14. The molecule has 3 aromatic rings. The normalized spacial score (nSPS) is 19.8. The molecule has 0 aliphatic carbocycles. The molecule has 2 atom stereocenters. The van der Waals surface area contributed by atoms with Crippen LogP contribution in [-0.2, 0) is 21.8 Å². The van der Waals surface area contributed by atoms with E-state index in [4.69, 9.17) is 52.7 Å². The fourth-order valence-corrected chi connectivity index (χ4v) is 3.61. The second-order valence-electron chi connectivity index (χ2n) is 7.00. The predicted octanol–water partition coefficient (Wildman–Crippen LogP) is 4.50. The van der Waals surface area contributed by atoms with Crippen LogP contribution in [0.15, 0.2) is 61.2 Å². The van der Waals surface area contributed by atoms with Crippen LogP contribution in [0.2, 0.25) is 10.0 Å². The van der Waals surface area contributed by atoms with Crippen molar-refractivity contribution in [3.63, 3.8) is 0 Å². The third-order valence-electron chi connectivity index (χ3n) is 4.66. The maximum atomic E-state index is 8.36. The molecule has 0 amide bonds. The monoisotopic (exact) mass is 481 g/mol. The van der Waals surface area contributed by atoms with Crippen molar-refractivity contribution in [1.29, 1.82) is 0 Å². The molecular formula is C21H21Cl2N3O6. The van der Waals surface area contributed by atoms with Crippen LogP contribution < -0.4 is 4.74 Å². The summed E-state index contributed by atoms with van der Waals surface area (Å²) >= 11 is 12.1. The standard InChI is InChI=1S/C21H20Cl2N2O3.HNO3/c1-15-10-18(23)6-7-20(15)26-11-19-12-27-21(28-19,13-25-9-8-24-14-25)16-2-4-17(22)5-3-16;2-1(3)4/h2-10,14,19H,11-13H2,1H3;(H,2,3,4). The van der Waals surface area contributed by atoms with Crippen LogP contribution in [0.25, 0.3) is 0 Å². The molecule has 0 saturated carbocycles. The molecule has 4 rings (SSSR count). The Labute approximate surface area is 194 Å². The molecule has 2 aromatic carbocycles. The Morgan fingerprint density at radius 1 is 1.28 bits per heavy atom. The van der Waals surface area contributed by atoms with Crippen molar-refractivity contribution in [3.05, 3.63) is 92.5 Å². The topological polar surface area (TPSA) is 109 Å². The Morgan fingerprint density at radius 2 is 1.97 bits per heavy atom. The van der Waals surface area contributed by atoms with Crippen LogP contribution in [0.5, 0.6) is 5.75 Å². The molecule has 1 saturated heterocycles. The molecule has 170 valence electrons. The van der Waals surface area contributed by atoms with Crippen LogP contribution in [0, 0.1) is 17.0 Å². The van der Waals surface area contributed by atoms with Crippen molar-refractivity contribution in [1.82, 2.24) is 9.55 Å². The lowest BCUT2D eigenvalue weighted by atomic mass is 10.1. The van der Waals surface area contributed by atoms with Gasteiger partial charge in [0.1, 0.15) is 18.5 Å². The van der Waals surface area contributed by atoms with E-state index >= 15 is 0 Å². The number of hydrogen-bond acceptors (Lipinski definition) is 6. The zero-order chi connectivity index (χ0) is 23.1. The maximum Gasteiger partial charge on any atom is 0.291 e. The van der Waals surface area contributed by atoms with Gasteiger partial charge in [-0.25, -0.2) is 4.98 Å². The SMILES string of the molecule is Cc1cc(Cl)ccc1OCC1COC(Cn2ccnc2)(c2ccc(Cl)cc2)O1.O=[N+]([O-])O. The highest BCUT2D eigenvalue weighted by Gasteiger charge is 2.44. The van der Waals surface area contributed by atoms with Crippen molar-refractivity contribution in [2.75, 3.05) is 13.2 Å². The quantitative estimate of drug-likeness (QED) is 0.407. The fourth-order valence-electron chi connectivity index (χ4n) is 3.25. The number of hydrogen-bond donors (Lipinski definition) is 1. The van der Waals surface area contributed by atoms with Crippen LogP contribution >= 0.6 is 23.2 Å². The lowest BCUT2D eigenvalue weighted by molar-refractivity contribution is -0.742. The Balaban J connectivity index is 0.000000668. The molecule has 9 nitrogen and oxygen atoms in total. The summed E-state index contributed by atoms with van der Waals surface area (Å²) in [6.45, 7) is 3.24. The highest BCUT2D eigenvalue weighted by atomic mass is 35.5. The molecule has 1 aliphatic rings. The Morgan fingerprint density at radius 3 is 2.59 bits per heavy atom. The largest absolute Gasteiger partial charge is 0.491 e. The zero-order valence-corrected chi connectivity index (χ0v) is 18.6. The van der Waals surface area contributed by atoms with Crippen LogP contribution in [-0.4, -0.2) is 39.2 Å². The molecule has 0 spiro atoms. The summed E-state index contributed by atoms with van der Waals surface area (Å²) in [7, 11) is 0. The Bertz CT molecular complexity index is 1030. The first kappa shape index (κ1) is 23.8. The minimum absolute atomic E-state index is 0.214. The lowest BCUT2D eigenvalue weighted by Gasteiger charge is -2.29. The molecule has 32 heavy (non-hydrogen) atoms. The Hall–Kier alpha value is -2.85. The van der Waals surface area contributed by atoms with E-state index in [1.807, 2.05) is 60.2 Å². The van der Waals surface area contributed by atoms with Crippen molar-refractivity contribution in [2.45, 2.75) is 25.4 Å². The number of rotatable bonds is 6. The van der Waals surface area contributed by atoms with Gasteiger partial charge in [-0.15, -0.1) is 10.1 Å². The van der Waals surface area contributed by atoms with Gasteiger partial charge in [-0.05, 0) is 42.8 Å². The van der Waals surface area contributed by atoms with Gasteiger partial charge in [0, 0.05) is 28.0 Å². The molecule has 1 fully saturated rings. The molecule has 0 radical (unpaired) electrons. The summed E-state index contributed by atoms with van der Waals surface area (Å²) in [5, 5.41) is 15.0. The summed E-state index contributed by atoms with van der Waals surface area (Å²) in [4.78, 5) is 12.5. The van der Waals surface area contributed by atoms with Crippen LogP contribution in [0.3, 0.4) is 0 Å². The highest BCUT2D eigenvalue weighted by molar-refractivity contribution is 6.30. The van der Waals surface area contributed by atoms with Crippen molar-refractivity contribution in [3.8, 4) is 5.75 Å². The van der Waals surface area contributed by atoms with E-state index < -0.39 is 10.9 Å². The number of ether oxygens (including phenoxy) is 3. The molecule has 0 bridgehead atoms. The van der Waals surface area contributed by atoms with Gasteiger partial charge < -0.3 is 24.0 Å². The van der Waals surface area contributed by atoms with Gasteiger partial charge in [-0.3, -0.25) is 0 Å². The van der Waals surface area contributed by atoms with E-state index in [1.54, 1.807) is 12.5 Å². The number of nitrogens with zero attached hydrogens (tertiary/aromatic N) is 3. The minimum Gasteiger partial charge on any atom is -0.491 e. The van der Waals surface area contributed by atoms with Gasteiger partial charge >= 0.3 is 0 Å². The van der Waals surface area contributed by atoms with Crippen molar-refractivity contribution >= 4 is 23.2 Å². The summed E-state index contributed by atoms with van der Waals surface area (Å²) in [6, 6.07) is 13.1. The van der Waals surface area contributed by atoms with E-state index in [-0.39, 0.29) is 6.10 Å². The number of halogens is 2. The van der Waals surface area contributed by atoms with Crippen LogP contribution in [0.4, 0.5) is 0 Å². The first-order valence-electron chi connectivity index (χ1n) is 9.53. The van der Waals surface area contributed by atoms with E-state index in [0.717, 1.165) is 16.9 Å². The number of imidazole rings is 1. The molecule has 1 aromatic heterocycles. The van der Waals surface area contributed by atoms with E-state index in [2.05, 4.69) is 4.98 Å². The van der Waals surface area contributed by atoms with Crippen LogP contribution in [0.1, 0.15) is 11.1 Å². The fraction of sp³-hybridized carbons (Fsp3) is 0.286. The molecule has 11 heteroatoms. The van der Waals surface area contributed by atoms with Gasteiger partial charge in [0.15, 0.2) is 0 Å². The van der Waals surface area contributed by atoms with E-state index in [9.17, 15) is 0 Å². The highest BCUT2D eigenvalue weighted by Crippen LogP contribution is 2.37. The lowest BCUT2D eigenvalue weighted by Crippen LogP contribution is -2.34. The van der Waals surface area contributed by atoms with E-state index in [0.29, 0.717) is 29.8 Å². The van der Waals surface area contributed by atoms with Gasteiger partial charge in [0.2, 0.25) is 5.79 Å². The van der Waals surface area contributed by atoms with Crippen molar-refractivity contribution < 1.29 is 24.5 Å². The summed E-state index contributed by atoms with van der Waals surface area (Å²) in [5.74, 6) is -0.138. The number of benzene rings is 2. The Kier molecular flexibility index (Phi) is 7.92.